The summed E-state index contributed by atoms with van der Waals surface area (Å²) in [6.45, 7) is 1.18. The maximum atomic E-state index is 13.1. The van der Waals surface area contributed by atoms with Gasteiger partial charge in [-0.2, -0.15) is 0 Å². The minimum absolute atomic E-state index is 0.0446. The van der Waals surface area contributed by atoms with Gasteiger partial charge in [-0.1, -0.05) is 33.6 Å². The Morgan fingerprint density at radius 3 is 2.75 bits per heavy atom. The van der Waals surface area contributed by atoms with Gasteiger partial charge in [-0.15, -0.1) is 0 Å². The van der Waals surface area contributed by atoms with E-state index in [-0.39, 0.29) is 13.2 Å². The fourth-order valence-electron chi connectivity index (χ4n) is 2.15. The van der Waals surface area contributed by atoms with Crippen LogP contribution < -0.4 is 14.8 Å². The summed E-state index contributed by atoms with van der Waals surface area (Å²) in [4.78, 5) is 0. The van der Waals surface area contributed by atoms with Crippen LogP contribution in [0, 0.1) is 5.82 Å². The molecular weight excluding hydrogens is 401 g/mol. The summed E-state index contributed by atoms with van der Waals surface area (Å²) >= 11 is 9.54. The highest BCUT2D eigenvalue weighted by Crippen LogP contribution is 2.37. The summed E-state index contributed by atoms with van der Waals surface area (Å²) < 4.78 is 25.3. The second-order valence-corrected chi connectivity index (χ2v) is 6.24. The molecule has 0 amide bonds. The number of hydrogen-bond acceptors (Lipinski definition) is 4. The minimum atomic E-state index is -0.391. The zero-order valence-corrected chi connectivity index (χ0v) is 15.5. The van der Waals surface area contributed by atoms with Gasteiger partial charge >= 0.3 is 0 Å². The molecule has 0 saturated carbocycles. The molecule has 0 heterocycles. The Balaban J connectivity index is 2.24. The van der Waals surface area contributed by atoms with Gasteiger partial charge in [0.1, 0.15) is 12.4 Å². The van der Waals surface area contributed by atoms with Crippen molar-refractivity contribution in [1.29, 1.82) is 0 Å². The van der Waals surface area contributed by atoms with Gasteiger partial charge in [-0.25, -0.2) is 4.39 Å². The van der Waals surface area contributed by atoms with Crippen molar-refractivity contribution in [3.63, 3.8) is 0 Å². The topological polar surface area (TPSA) is 50.7 Å². The molecule has 0 aromatic heterocycles. The summed E-state index contributed by atoms with van der Waals surface area (Å²) in [7, 11) is 1.56. The number of aliphatic hydroxyl groups is 1. The summed E-state index contributed by atoms with van der Waals surface area (Å²) in [5.74, 6) is 0.757. The van der Waals surface area contributed by atoms with Crippen molar-refractivity contribution in [3.8, 4) is 11.5 Å². The summed E-state index contributed by atoms with van der Waals surface area (Å²) in [5, 5.41) is 12.3. The molecule has 0 aliphatic heterocycles. The molecule has 2 aromatic rings. The lowest BCUT2D eigenvalue weighted by Crippen LogP contribution is -2.18. The molecule has 2 rings (SSSR count). The third kappa shape index (κ3) is 4.83. The van der Waals surface area contributed by atoms with Crippen LogP contribution in [-0.4, -0.2) is 25.4 Å². The van der Waals surface area contributed by atoms with Crippen LogP contribution >= 0.6 is 27.5 Å². The molecule has 0 bridgehead atoms. The molecule has 0 spiro atoms. The van der Waals surface area contributed by atoms with Gasteiger partial charge in [0.05, 0.1) is 18.7 Å². The van der Waals surface area contributed by atoms with Crippen molar-refractivity contribution in [3.05, 3.63) is 56.8 Å². The Morgan fingerprint density at radius 1 is 1.29 bits per heavy atom. The van der Waals surface area contributed by atoms with Gasteiger partial charge in [0.25, 0.3) is 0 Å². The maximum absolute atomic E-state index is 13.1. The number of benzene rings is 2. The molecule has 0 atom stereocenters. The predicted molar refractivity (Wildman–Crippen MR) is 95.2 cm³/mol. The minimum Gasteiger partial charge on any atom is -0.493 e. The summed E-state index contributed by atoms with van der Waals surface area (Å²) in [6.07, 6.45) is 0. The van der Waals surface area contributed by atoms with E-state index < -0.39 is 5.82 Å². The molecule has 4 nitrogen and oxygen atoms in total. The van der Waals surface area contributed by atoms with Gasteiger partial charge in [0.15, 0.2) is 11.5 Å². The van der Waals surface area contributed by atoms with Crippen molar-refractivity contribution in [2.24, 2.45) is 0 Å². The van der Waals surface area contributed by atoms with Crippen molar-refractivity contribution >= 4 is 27.5 Å². The van der Waals surface area contributed by atoms with Gasteiger partial charge < -0.3 is 19.9 Å². The number of methoxy groups -OCH3 is 1. The van der Waals surface area contributed by atoms with Crippen molar-refractivity contribution in [1.82, 2.24) is 5.32 Å². The standard InChI is InChI=1S/C17H18BrClFNO3/c1-23-16-5-4-14(18)13(9-21-6-7-22)17(16)24-10-11-2-3-12(20)8-15(11)19/h2-5,8,21-22H,6-7,9-10H2,1H3. The lowest BCUT2D eigenvalue weighted by molar-refractivity contribution is 0.277. The van der Waals surface area contributed by atoms with E-state index in [2.05, 4.69) is 21.2 Å². The van der Waals surface area contributed by atoms with E-state index >= 15 is 0 Å². The highest BCUT2D eigenvalue weighted by atomic mass is 79.9. The molecule has 7 heteroatoms. The first kappa shape index (κ1) is 19.0. The fraction of sp³-hybridized carbons (Fsp3) is 0.294. The average Bonchev–Trinajstić information content (AvgIpc) is 2.56. The molecular formula is C17H18BrClFNO3. The Morgan fingerprint density at radius 2 is 2.08 bits per heavy atom. The van der Waals surface area contributed by atoms with E-state index in [1.165, 1.54) is 12.1 Å². The number of aliphatic hydroxyl groups excluding tert-OH is 1. The third-order valence-electron chi connectivity index (χ3n) is 3.36. The van der Waals surface area contributed by atoms with Crippen LogP contribution in [0.25, 0.3) is 0 Å². The molecule has 24 heavy (non-hydrogen) atoms. The monoisotopic (exact) mass is 417 g/mol. The van der Waals surface area contributed by atoms with E-state index in [0.717, 1.165) is 10.0 Å². The van der Waals surface area contributed by atoms with Crippen LogP contribution in [0.1, 0.15) is 11.1 Å². The first-order chi connectivity index (χ1) is 11.6. The molecule has 0 aliphatic carbocycles. The quantitative estimate of drug-likeness (QED) is 0.638. The van der Waals surface area contributed by atoms with E-state index in [4.69, 9.17) is 26.2 Å². The zero-order chi connectivity index (χ0) is 17.5. The lowest BCUT2D eigenvalue weighted by atomic mass is 10.1. The van der Waals surface area contributed by atoms with Crippen LogP contribution in [0.4, 0.5) is 4.39 Å². The molecule has 0 fully saturated rings. The van der Waals surface area contributed by atoms with E-state index in [9.17, 15) is 4.39 Å². The number of rotatable bonds is 8. The molecule has 0 aliphatic rings. The van der Waals surface area contributed by atoms with E-state index in [1.807, 2.05) is 6.07 Å². The number of nitrogens with one attached hydrogen (secondary N) is 1. The average molecular weight is 419 g/mol. The van der Waals surface area contributed by atoms with Gasteiger partial charge in [0.2, 0.25) is 0 Å². The second-order valence-electron chi connectivity index (χ2n) is 4.98. The predicted octanol–water partition coefficient (Wildman–Crippen LogP) is 3.91. The van der Waals surface area contributed by atoms with E-state index in [0.29, 0.717) is 35.2 Å². The molecule has 130 valence electrons. The molecule has 2 N–H and O–H groups in total. The molecule has 2 aromatic carbocycles. The maximum Gasteiger partial charge on any atom is 0.167 e. The first-order valence-electron chi connectivity index (χ1n) is 7.30. The van der Waals surface area contributed by atoms with Crippen molar-refractivity contribution in [2.45, 2.75) is 13.2 Å². The highest BCUT2D eigenvalue weighted by molar-refractivity contribution is 9.10. The van der Waals surface area contributed by atoms with Crippen LogP contribution in [-0.2, 0) is 13.2 Å². The SMILES string of the molecule is COc1ccc(Br)c(CNCCO)c1OCc1ccc(F)cc1Cl. The highest BCUT2D eigenvalue weighted by Gasteiger charge is 2.15. The Kier molecular flexibility index (Phi) is 7.30. The van der Waals surface area contributed by atoms with Crippen LogP contribution in [0.3, 0.4) is 0 Å². The van der Waals surface area contributed by atoms with Gasteiger partial charge in [-0.3, -0.25) is 0 Å². The third-order valence-corrected chi connectivity index (χ3v) is 4.46. The fourth-order valence-corrected chi connectivity index (χ4v) is 2.82. The molecule has 0 radical (unpaired) electrons. The van der Waals surface area contributed by atoms with Crippen molar-refractivity contribution < 1.29 is 19.0 Å². The number of hydrogen-bond donors (Lipinski definition) is 2. The van der Waals surface area contributed by atoms with Gasteiger partial charge in [-0.05, 0) is 24.3 Å². The largest absolute Gasteiger partial charge is 0.493 e. The van der Waals surface area contributed by atoms with Crippen molar-refractivity contribution in [2.75, 3.05) is 20.3 Å². The van der Waals surface area contributed by atoms with Gasteiger partial charge in [0, 0.05) is 28.7 Å². The van der Waals surface area contributed by atoms with E-state index in [1.54, 1.807) is 19.2 Å². The van der Waals surface area contributed by atoms with Crippen LogP contribution in [0.2, 0.25) is 5.02 Å². The second kappa shape index (κ2) is 9.22. The lowest BCUT2D eigenvalue weighted by Gasteiger charge is -2.17. The molecule has 0 unspecified atom stereocenters. The number of ether oxygens (including phenoxy) is 2. The molecule has 0 saturated heterocycles. The van der Waals surface area contributed by atoms with Crippen LogP contribution in [0.15, 0.2) is 34.8 Å². The Bertz CT molecular complexity index is 700. The zero-order valence-electron chi connectivity index (χ0n) is 13.1. The smallest absolute Gasteiger partial charge is 0.167 e. The first-order valence-corrected chi connectivity index (χ1v) is 8.47. The summed E-state index contributed by atoms with van der Waals surface area (Å²) in [6, 6.07) is 7.84. The Labute approximate surface area is 153 Å². The normalized spacial score (nSPS) is 10.7. The Hall–Kier alpha value is -1.34. The number of halogens is 3. The summed E-state index contributed by atoms with van der Waals surface area (Å²) in [5.41, 5.74) is 1.54. The van der Waals surface area contributed by atoms with Crippen LogP contribution in [0.5, 0.6) is 11.5 Å².